The Bertz CT molecular complexity index is 1100. The van der Waals surface area contributed by atoms with Gasteiger partial charge < -0.3 is 15.5 Å². The van der Waals surface area contributed by atoms with Gasteiger partial charge in [0.1, 0.15) is 5.54 Å². The first-order valence-corrected chi connectivity index (χ1v) is 11.7. The number of amides is 4. The van der Waals surface area contributed by atoms with Crippen molar-refractivity contribution >= 4 is 29.2 Å². The minimum atomic E-state index is -0.835. The Kier molecular flexibility index (Phi) is 5.35. The van der Waals surface area contributed by atoms with Crippen molar-refractivity contribution in [3.8, 4) is 0 Å². The Hall–Kier alpha value is -3.35. The van der Waals surface area contributed by atoms with E-state index in [1.807, 2.05) is 6.07 Å². The number of carbonyl (C=O) groups excluding carboxylic acids is 3. The first-order valence-electron chi connectivity index (χ1n) is 11.7. The number of carbonyl (C=O) groups is 3. The normalized spacial score (nSPS) is 24.1. The number of benzene rings is 2. The van der Waals surface area contributed by atoms with Crippen molar-refractivity contribution in [1.82, 2.24) is 10.6 Å². The quantitative estimate of drug-likeness (QED) is 0.619. The number of hydrogen-bond acceptors (Lipinski definition) is 4. The zero-order valence-corrected chi connectivity index (χ0v) is 19.1. The summed E-state index contributed by atoms with van der Waals surface area (Å²) in [4.78, 5) is 38.8. The van der Waals surface area contributed by atoms with E-state index in [-0.39, 0.29) is 17.7 Å². The summed E-state index contributed by atoms with van der Waals surface area (Å²) >= 11 is 0. The zero-order chi connectivity index (χ0) is 23.2. The molecule has 5 rings (SSSR count). The fourth-order valence-corrected chi connectivity index (χ4v) is 5.22. The average molecular weight is 447 g/mol. The van der Waals surface area contributed by atoms with Crippen LogP contribution in [0.4, 0.5) is 16.2 Å². The highest BCUT2D eigenvalue weighted by atomic mass is 16.2. The van der Waals surface area contributed by atoms with Crippen LogP contribution in [0.25, 0.3) is 0 Å². The van der Waals surface area contributed by atoms with Gasteiger partial charge in [-0.15, -0.1) is 0 Å². The van der Waals surface area contributed by atoms with Crippen LogP contribution in [-0.4, -0.2) is 23.4 Å². The third-order valence-electron chi connectivity index (χ3n) is 7.35. The molecule has 2 aromatic rings. The van der Waals surface area contributed by atoms with E-state index in [1.165, 1.54) is 22.4 Å². The number of fused-ring (bicyclic) bond motifs is 1. The van der Waals surface area contributed by atoms with Gasteiger partial charge >= 0.3 is 6.03 Å². The molecular formula is C26H30N4O3. The minimum Gasteiger partial charge on any atom is -0.363 e. The van der Waals surface area contributed by atoms with Crippen molar-refractivity contribution in [3.05, 3.63) is 59.2 Å². The van der Waals surface area contributed by atoms with E-state index >= 15 is 0 Å². The molecule has 3 N–H and O–H groups in total. The molecule has 7 heteroatoms. The van der Waals surface area contributed by atoms with Crippen LogP contribution in [0.2, 0.25) is 0 Å². The van der Waals surface area contributed by atoms with E-state index in [2.05, 4.69) is 71.1 Å². The SMILES string of the molecule is CC(C)c1ccc(N2Cc3ccc(NC(=O)C4CCC5(CC4)NC(=O)NC5=O)cc3C2)cc1. The molecule has 4 amide bonds. The molecule has 7 nitrogen and oxygen atoms in total. The van der Waals surface area contributed by atoms with Crippen LogP contribution in [0.3, 0.4) is 0 Å². The highest BCUT2D eigenvalue weighted by Gasteiger charge is 2.48. The second-order valence-corrected chi connectivity index (χ2v) is 9.84. The molecule has 0 bridgehead atoms. The summed E-state index contributed by atoms with van der Waals surface area (Å²) < 4.78 is 0. The summed E-state index contributed by atoms with van der Waals surface area (Å²) in [6.45, 7) is 6.08. The van der Waals surface area contributed by atoms with Crippen LogP contribution in [0.15, 0.2) is 42.5 Å². The van der Waals surface area contributed by atoms with Gasteiger partial charge in [-0.05, 0) is 72.6 Å². The van der Waals surface area contributed by atoms with Crippen molar-refractivity contribution < 1.29 is 14.4 Å². The van der Waals surface area contributed by atoms with Crippen LogP contribution in [0.5, 0.6) is 0 Å². The predicted octanol–water partition coefficient (Wildman–Crippen LogP) is 4.04. The first kappa shape index (κ1) is 21.5. The lowest BCUT2D eigenvalue weighted by atomic mass is 9.76. The third-order valence-corrected chi connectivity index (χ3v) is 7.35. The van der Waals surface area contributed by atoms with Crippen LogP contribution >= 0.6 is 0 Å². The van der Waals surface area contributed by atoms with E-state index in [9.17, 15) is 14.4 Å². The van der Waals surface area contributed by atoms with E-state index in [0.717, 1.165) is 18.8 Å². The smallest absolute Gasteiger partial charge is 0.322 e. The first-order chi connectivity index (χ1) is 15.8. The van der Waals surface area contributed by atoms with Gasteiger partial charge in [0.05, 0.1) is 0 Å². The van der Waals surface area contributed by atoms with Crippen LogP contribution in [-0.2, 0) is 22.7 Å². The fraction of sp³-hybridized carbons (Fsp3) is 0.423. The highest BCUT2D eigenvalue weighted by molar-refractivity contribution is 6.07. The van der Waals surface area contributed by atoms with Gasteiger partial charge in [-0.2, -0.15) is 0 Å². The van der Waals surface area contributed by atoms with E-state index in [1.54, 1.807) is 0 Å². The maximum Gasteiger partial charge on any atom is 0.322 e. The highest BCUT2D eigenvalue weighted by Crippen LogP contribution is 2.35. The van der Waals surface area contributed by atoms with Crippen molar-refractivity contribution in [1.29, 1.82) is 0 Å². The summed E-state index contributed by atoms with van der Waals surface area (Å²) in [5, 5.41) is 8.13. The number of imide groups is 1. The molecule has 3 aliphatic rings. The number of nitrogens with one attached hydrogen (secondary N) is 3. The molecule has 1 aliphatic carbocycles. The Balaban J connectivity index is 1.20. The van der Waals surface area contributed by atoms with Gasteiger partial charge in [0, 0.05) is 30.4 Å². The Labute approximate surface area is 193 Å². The standard InChI is InChI=1S/C26H30N4O3/c1-16(2)17-4-7-22(8-5-17)30-14-19-3-6-21(13-20(19)15-30)27-23(31)18-9-11-26(12-10-18)24(32)28-25(33)29-26/h3-8,13,16,18H,9-12,14-15H2,1-2H3,(H,27,31)(H2,28,29,32,33). The maximum absolute atomic E-state index is 12.9. The molecule has 33 heavy (non-hydrogen) atoms. The zero-order valence-electron chi connectivity index (χ0n) is 19.1. The summed E-state index contributed by atoms with van der Waals surface area (Å²) in [6.07, 6.45) is 2.12. The molecule has 0 unspecified atom stereocenters. The van der Waals surface area contributed by atoms with Gasteiger partial charge in [-0.3, -0.25) is 14.9 Å². The molecule has 2 aliphatic heterocycles. The molecule has 0 radical (unpaired) electrons. The van der Waals surface area contributed by atoms with Gasteiger partial charge in [0.2, 0.25) is 5.91 Å². The number of rotatable bonds is 4. The van der Waals surface area contributed by atoms with E-state index < -0.39 is 11.6 Å². The predicted molar refractivity (Wildman–Crippen MR) is 127 cm³/mol. The Morgan fingerprint density at radius 2 is 1.73 bits per heavy atom. The number of hydrogen-bond donors (Lipinski definition) is 3. The maximum atomic E-state index is 12.9. The molecule has 1 saturated heterocycles. The summed E-state index contributed by atoms with van der Waals surface area (Å²) in [5.41, 5.74) is 5.03. The third kappa shape index (κ3) is 4.08. The topological polar surface area (TPSA) is 90.5 Å². The summed E-state index contributed by atoms with van der Waals surface area (Å²) in [5.74, 6) is 0.0666. The molecule has 0 aromatic heterocycles. The lowest BCUT2D eigenvalue weighted by Crippen LogP contribution is -2.50. The molecular weight excluding hydrogens is 416 g/mol. The summed E-state index contributed by atoms with van der Waals surface area (Å²) in [7, 11) is 0. The molecule has 1 spiro atoms. The van der Waals surface area contributed by atoms with Crippen molar-refractivity contribution in [2.45, 2.75) is 64.1 Å². The van der Waals surface area contributed by atoms with Crippen molar-refractivity contribution in [2.24, 2.45) is 5.92 Å². The van der Waals surface area contributed by atoms with Gasteiger partial charge in [-0.1, -0.05) is 32.0 Å². The van der Waals surface area contributed by atoms with E-state index in [0.29, 0.717) is 31.6 Å². The molecule has 2 heterocycles. The van der Waals surface area contributed by atoms with Crippen LogP contribution in [0, 0.1) is 5.92 Å². The van der Waals surface area contributed by atoms with Gasteiger partial charge in [0.15, 0.2) is 0 Å². The Morgan fingerprint density at radius 1 is 1.03 bits per heavy atom. The fourth-order valence-electron chi connectivity index (χ4n) is 5.22. The van der Waals surface area contributed by atoms with E-state index in [4.69, 9.17) is 0 Å². The second kappa shape index (κ2) is 8.21. The lowest BCUT2D eigenvalue weighted by Gasteiger charge is -2.33. The number of anilines is 2. The van der Waals surface area contributed by atoms with Crippen LogP contribution < -0.4 is 20.9 Å². The van der Waals surface area contributed by atoms with Crippen molar-refractivity contribution in [2.75, 3.05) is 10.2 Å². The molecule has 2 aromatic carbocycles. The molecule has 2 fully saturated rings. The second-order valence-electron chi connectivity index (χ2n) is 9.84. The average Bonchev–Trinajstić information content (AvgIpc) is 3.34. The van der Waals surface area contributed by atoms with Gasteiger partial charge in [-0.25, -0.2) is 4.79 Å². The molecule has 172 valence electrons. The summed E-state index contributed by atoms with van der Waals surface area (Å²) in [6, 6.07) is 14.5. The number of urea groups is 1. The number of nitrogens with zero attached hydrogens (tertiary/aromatic N) is 1. The lowest BCUT2D eigenvalue weighted by molar-refractivity contribution is -0.128. The monoisotopic (exact) mass is 446 g/mol. The molecule has 1 saturated carbocycles. The van der Waals surface area contributed by atoms with Crippen molar-refractivity contribution in [3.63, 3.8) is 0 Å². The Morgan fingerprint density at radius 3 is 2.36 bits per heavy atom. The largest absolute Gasteiger partial charge is 0.363 e. The van der Waals surface area contributed by atoms with Crippen LogP contribution in [0.1, 0.15) is 62.1 Å². The minimum absolute atomic E-state index is 0.0198. The molecule has 0 atom stereocenters. The van der Waals surface area contributed by atoms with Gasteiger partial charge in [0.25, 0.3) is 5.91 Å².